The molecule has 0 saturated carbocycles. The molecule has 0 unspecified atom stereocenters. The molecule has 2 aromatic heterocycles. The molecule has 0 amide bonds. The molecule has 7 heteroatoms. The number of carbonyl (C=O) groups is 1. The molecular formula is C22H17N3O3S. The molecule has 6 nitrogen and oxygen atoms in total. The lowest BCUT2D eigenvalue weighted by Gasteiger charge is -2.11. The summed E-state index contributed by atoms with van der Waals surface area (Å²) in [6.45, 7) is 2.74. The van der Waals surface area contributed by atoms with Gasteiger partial charge in [-0.25, -0.2) is 4.79 Å². The first-order valence-electron chi connectivity index (χ1n) is 9.04. The Hall–Kier alpha value is -3.63. The first-order valence-corrected chi connectivity index (χ1v) is 9.92. The minimum atomic E-state index is -0.974. The standard InChI is InChI=1S/C22H17N3O3S/c1-2-28-22-24-18-13-29-20(21(26)27)19(18)25(22)12-14-7-9-15(10-8-14)17-6-4-3-5-16(17)11-23/h3-10,13H,2,12H2,1H3,(H,26,27). The highest BCUT2D eigenvalue weighted by atomic mass is 32.1. The SMILES string of the molecule is CCOc1nc2csc(C(=O)O)c2n1Cc1ccc(-c2ccccc2C#N)cc1. The largest absolute Gasteiger partial charge is 0.477 e. The summed E-state index contributed by atoms with van der Waals surface area (Å²) in [6.07, 6.45) is 0. The lowest BCUT2D eigenvalue weighted by molar-refractivity contribution is 0.0703. The molecule has 4 aromatic rings. The van der Waals surface area contributed by atoms with Crippen LogP contribution in [0.4, 0.5) is 0 Å². The zero-order valence-corrected chi connectivity index (χ0v) is 16.4. The van der Waals surface area contributed by atoms with E-state index in [0.29, 0.717) is 35.8 Å². The molecular weight excluding hydrogens is 386 g/mol. The van der Waals surface area contributed by atoms with Crippen molar-refractivity contribution in [2.45, 2.75) is 13.5 Å². The van der Waals surface area contributed by atoms with E-state index in [1.54, 1.807) is 16.0 Å². The summed E-state index contributed by atoms with van der Waals surface area (Å²) in [5.41, 5.74) is 4.63. The summed E-state index contributed by atoms with van der Waals surface area (Å²) < 4.78 is 7.44. The third kappa shape index (κ3) is 3.46. The first-order chi connectivity index (χ1) is 14.1. The van der Waals surface area contributed by atoms with E-state index in [-0.39, 0.29) is 4.88 Å². The summed E-state index contributed by atoms with van der Waals surface area (Å²) >= 11 is 1.16. The number of fused-ring (bicyclic) bond motifs is 1. The van der Waals surface area contributed by atoms with Crippen LogP contribution in [0.2, 0.25) is 0 Å². The molecule has 0 aliphatic carbocycles. The fraction of sp³-hybridized carbons (Fsp3) is 0.136. The van der Waals surface area contributed by atoms with Crippen LogP contribution in [0.25, 0.3) is 22.2 Å². The maximum atomic E-state index is 11.6. The molecule has 0 radical (unpaired) electrons. The van der Waals surface area contributed by atoms with Gasteiger partial charge in [0.15, 0.2) is 0 Å². The second-order valence-electron chi connectivity index (χ2n) is 6.37. The van der Waals surface area contributed by atoms with Gasteiger partial charge in [0.2, 0.25) is 0 Å². The molecule has 144 valence electrons. The molecule has 2 heterocycles. The van der Waals surface area contributed by atoms with Crippen LogP contribution in [0.1, 0.15) is 27.7 Å². The number of carboxylic acid groups (broad SMARTS) is 1. The molecule has 0 atom stereocenters. The van der Waals surface area contributed by atoms with Gasteiger partial charge < -0.3 is 9.84 Å². The number of carboxylic acids is 1. The fourth-order valence-electron chi connectivity index (χ4n) is 3.28. The molecule has 0 spiro atoms. The van der Waals surface area contributed by atoms with E-state index in [1.165, 1.54) is 0 Å². The van der Waals surface area contributed by atoms with Crippen molar-refractivity contribution in [3.63, 3.8) is 0 Å². The number of benzene rings is 2. The Bertz CT molecular complexity index is 1230. The maximum Gasteiger partial charge on any atom is 0.348 e. The van der Waals surface area contributed by atoms with Gasteiger partial charge in [-0.1, -0.05) is 42.5 Å². The van der Waals surface area contributed by atoms with Crippen LogP contribution in [-0.2, 0) is 6.54 Å². The number of thiophene rings is 1. The zero-order valence-electron chi connectivity index (χ0n) is 15.6. The average molecular weight is 403 g/mol. The van der Waals surface area contributed by atoms with Crippen LogP contribution >= 0.6 is 11.3 Å². The molecule has 4 rings (SSSR count). The number of nitriles is 1. The first kappa shape index (κ1) is 18.7. The van der Waals surface area contributed by atoms with Gasteiger partial charge in [-0.3, -0.25) is 4.57 Å². The molecule has 29 heavy (non-hydrogen) atoms. The quantitative estimate of drug-likeness (QED) is 0.500. The Kier molecular flexibility index (Phi) is 5.02. The topological polar surface area (TPSA) is 88.1 Å². The van der Waals surface area contributed by atoms with Crippen LogP contribution in [0.3, 0.4) is 0 Å². The Morgan fingerprint density at radius 3 is 2.69 bits per heavy atom. The predicted octanol–water partition coefficient (Wildman–Crippen LogP) is 4.78. The molecule has 2 aromatic carbocycles. The van der Waals surface area contributed by atoms with E-state index >= 15 is 0 Å². The maximum absolute atomic E-state index is 11.6. The Morgan fingerprint density at radius 2 is 2.00 bits per heavy atom. The average Bonchev–Trinajstić information content (AvgIpc) is 3.29. The van der Waals surface area contributed by atoms with Gasteiger partial charge in [0.25, 0.3) is 6.01 Å². The second-order valence-corrected chi connectivity index (χ2v) is 7.25. The molecule has 1 N–H and O–H groups in total. The highest BCUT2D eigenvalue weighted by molar-refractivity contribution is 7.13. The number of rotatable bonds is 6. The summed E-state index contributed by atoms with van der Waals surface area (Å²) in [7, 11) is 0. The summed E-state index contributed by atoms with van der Waals surface area (Å²) in [6, 6.07) is 18.0. The Balaban J connectivity index is 1.72. The van der Waals surface area contributed by atoms with E-state index in [9.17, 15) is 15.2 Å². The summed E-state index contributed by atoms with van der Waals surface area (Å²) in [4.78, 5) is 16.3. The van der Waals surface area contributed by atoms with Gasteiger partial charge in [-0.05, 0) is 29.7 Å². The van der Waals surface area contributed by atoms with E-state index in [4.69, 9.17) is 4.74 Å². The van der Waals surface area contributed by atoms with Crippen LogP contribution in [0.5, 0.6) is 6.01 Å². The summed E-state index contributed by atoms with van der Waals surface area (Å²) in [5.74, 6) is -0.974. The number of aromatic carboxylic acids is 1. The van der Waals surface area contributed by atoms with Crippen molar-refractivity contribution in [1.29, 1.82) is 5.26 Å². The van der Waals surface area contributed by atoms with Crippen molar-refractivity contribution >= 4 is 28.3 Å². The monoisotopic (exact) mass is 403 g/mol. The van der Waals surface area contributed by atoms with Gasteiger partial charge in [-0.15, -0.1) is 11.3 Å². The van der Waals surface area contributed by atoms with Crippen molar-refractivity contribution < 1.29 is 14.6 Å². The minimum absolute atomic E-state index is 0.248. The molecule has 0 fully saturated rings. The van der Waals surface area contributed by atoms with Crippen LogP contribution < -0.4 is 4.74 Å². The Morgan fingerprint density at radius 1 is 1.24 bits per heavy atom. The molecule has 0 bridgehead atoms. The molecule has 0 aliphatic heterocycles. The fourth-order valence-corrected chi connectivity index (χ4v) is 4.11. The van der Waals surface area contributed by atoms with Gasteiger partial charge in [-0.2, -0.15) is 10.2 Å². The smallest absolute Gasteiger partial charge is 0.348 e. The van der Waals surface area contributed by atoms with Crippen molar-refractivity contribution in [3.05, 3.63) is 69.9 Å². The van der Waals surface area contributed by atoms with Gasteiger partial charge in [0.1, 0.15) is 10.4 Å². The summed E-state index contributed by atoms with van der Waals surface area (Å²) in [5, 5.41) is 20.6. The Labute approximate surface area is 171 Å². The highest BCUT2D eigenvalue weighted by Crippen LogP contribution is 2.31. The van der Waals surface area contributed by atoms with Gasteiger partial charge >= 0.3 is 5.97 Å². The van der Waals surface area contributed by atoms with Crippen molar-refractivity contribution in [1.82, 2.24) is 9.55 Å². The number of hydrogen-bond donors (Lipinski definition) is 1. The minimum Gasteiger partial charge on any atom is -0.477 e. The van der Waals surface area contributed by atoms with Gasteiger partial charge in [0.05, 0.1) is 30.3 Å². The lowest BCUT2D eigenvalue weighted by Crippen LogP contribution is -2.07. The number of ether oxygens (including phenoxy) is 1. The number of hydrogen-bond acceptors (Lipinski definition) is 5. The predicted molar refractivity (Wildman–Crippen MR) is 111 cm³/mol. The number of nitrogens with zero attached hydrogens (tertiary/aromatic N) is 3. The molecule has 0 aliphatic rings. The van der Waals surface area contributed by atoms with Crippen molar-refractivity contribution in [3.8, 4) is 23.2 Å². The van der Waals surface area contributed by atoms with Crippen molar-refractivity contribution in [2.24, 2.45) is 0 Å². The van der Waals surface area contributed by atoms with Gasteiger partial charge in [0, 0.05) is 5.38 Å². The van der Waals surface area contributed by atoms with E-state index in [1.807, 2.05) is 49.4 Å². The normalized spacial score (nSPS) is 10.8. The number of imidazole rings is 1. The third-order valence-electron chi connectivity index (χ3n) is 4.58. The highest BCUT2D eigenvalue weighted by Gasteiger charge is 2.21. The van der Waals surface area contributed by atoms with Crippen LogP contribution in [0.15, 0.2) is 53.9 Å². The molecule has 0 saturated heterocycles. The van der Waals surface area contributed by atoms with Crippen LogP contribution in [0, 0.1) is 11.3 Å². The zero-order chi connectivity index (χ0) is 20.4. The van der Waals surface area contributed by atoms with E-state index in [2.05, 4.69) is 11.1 Å². The van der Waals surface area contributed by atoms with E-state index in [0.717, 1.165) is 28.0 Å². The number of aromatic nitrogens is 2. The third-order valence-corrected chi connectivity index (χ3v) is 5.53. The van der Waals surface area contributed by atoms with Crippen molar-refractivity contribution in [2.75, 3.05) is 6.61 Å². The lowest BCUT2D eigenvalue weighted by atomic mass is 9.99. The van der Waals surface area contributed by atoms with Crippen LogP contribution in [-0.4, -0.2) is 27.2 Å². The van der Waals surface area contributed by atoms with E-state index < -0.39 is 5.97 Å². The second kappa shape index (κ2) is 7.78.